The van der Waals surface area contributed by atoms with Gasteiger partial charge in [-0.05, 0) is 60.6 Å². The zero-order valence-electron chi connectivity index (χ0n) is 13.2. The lowest BCUT2D eigenvalue weighted by Gasteiger charge is -2.30. The van der Waals surface area contributed by atoms with Crippen molar-refractivity contribution in [2.45, 2.75) is 51.3 Å². The smallest absolute Gasteiger partial charge is 0.391 e. The number of hydrogen-bond acceptors (Lipinski definition) is 1. The molecule has 0 bridgehead atoms. The summed E-state index contributed by atoms with van der Waals surface area (Å²) in [6, 6.07) is 12.2. The van der Waals surface area contributed by atoms with E-state index < -0.39 is 12.1 Å². The number of halogens is 3. The van der Waals surface area contributed by atoms with Crippen molar-refractivity contribution in [1.29, 1.82) is 0 Å². The standard InChI is InChI=1S/C19H21F3O/c1-2-13-3-4-15-12-18(8-5-14(15)11-13)23-17-9-6-16(7-10-17)19(20,21)22/h3-5,8,11-12,16-17H,2,6-7,9-10H2,1H3. The maximum absolute atomic E-state index is 12.7. The predicted octanol–water partition coefficient (Wildman–Crippen LogP) is 5.90. The molecule has 2 aromatic carbocycles. The third-order valence-electron chi connectivity index (χ3n) is 4.72. The minimum atomic E-state index is -4.06. The highest BCUT2D eigenvalue weighted by Crippen LogP contribution is 2.38. The molecule has 124 valence electrons. The Labute approximate surface area is 134 Å². The van der Waals surface area contributed by atoms with Crippen LogP contribution in [0.5, 0.6) is 5.75 Å². The van der Waals surface area contributed by atoms with Gasteiger partial charge in [-0.2, -0.15) is 13.2 Å². The Hall–Kier alpha value is -1.71. The van der Waals surface area contributed by atoms with Crippen molar-refractivity contribution in [1.82, 2.24) is 0 Å². The first-order valence-corrected chi connectivity index (χ1v) is 8.22. The molecule has 4 heteroatoms. The molecular weight excluding hydrogens is 301 g/mol. The highest BCUT2D eigenvalue weighted by molar-refractivity contribution is 5.84. The third-order valence-corrected chi connectivity index (χ3v) is 4.72. The topological polar surface area (TPSA) is 9.23 Å². The second-order valence-corrected chi connectivity index (χ2v) is 6.33. The van der Waals surface area contributed by atoms with E-state index in [1.165, 1.54) is 5.56 Å². The van der Waals surface area contributed by atoms with Crippen LogP contribution in [0, 0.1) is 5.92 Å². The third kappa shape index (κ3) is 3.80. The summed E-state index contributed by atoms with van der Waals surface area (Å²) in [4.78, 5) is 0. The monoisotopic (exact) mass is 322 g/mol. The van der Waals surface area contributed by atoms with E-state index in [0.29, 0.717) is 12.8 Å². The highest BCUT2D eigenvalue weighted by Gasteiger charge is 2.41. The fraction of sp³-hybridized carbons (Fsp3) is 0.474. The van der Waals surface area contributed by atoms with Crippen LogP contribution in [0.2, 0.25) is 0 Å². The number of ether oxygens (including phenoxy) is 1. The lowest BCUT2D eigenvalue weighted by molar-refractivity contribution is -0.185. The molecule has 23 heavy (non-hydrogen) atoms. The van der Waals surface area contributed by atoms with Crippen molar-refractivity contribution in [3.63, 3.8) is 0 Å². The summed E-state index contributed by atoms with van der Waals surface area (Å²) in [5.74, 6) is -0.413. The predicted molar refractivity (Wildman–Crippen MR) is 85.8 cm³/mol. The van der Waals surface area contributed by atoms with Crippen LogP contribution >= 0.6 is 0 Å². The Morgan fingerprint density at radius 1 is 0.957 bits per heavy atom. The van der Waals surface area contributed by atoms with Crippen LogP contribution in [0.15, 0.2) is 36.4 Å². The maximum Gasteiger partial charge on any atom is 0.391 e. The van der Waals surface area contributed by atoms with Gasteiger partial charge in [-0.1, -0.05) is 31.2 Å². The van der Waals surface area contributed by atoms with Gasteiger partial charge < -0.3 is 4.74 Å². The molecular formula is C19H21F3O. The molecule has 0 atom stereocenters. The van der Waals surface area contributed by atoms with Crippen LogP contribution in [-0.2, 0) is 6.42 Å². The van der Waals surface area contributed by atoms with Crippen molar-refractivity contribution in [2.24, 2.45) is 5.92 Å². The number of rotatable bonds is 3. The van der Waals surface area contributed by atoms with E-state index in [9.17, 15) is 13.2 Å². The first-order chi connectivity index (χ1) is 11.0. The maximum atomic E-state index is 12.7. The van der Waals surface area contributed by atoms with Gasteiger partial charge in [-0.15, -0.1) is 0 Å². The number of hydrogen-bond donors (Lipinski definition) is 0. The zero-order valence-corrected chi connectivity index (χ0v) is 13.2. The first-order valence-electron chi connectivity index (χ1n) is 8.22. The van der Waals surface area contributed by atoms with E-state index in [1.54, 1.807) is 0 Å². The van der Waals surface area contributed by atoms with Crippen molar-refractivity contribution in [2.75, 3.05) is 0 Å². The SMILES string of the molecule is CCc1ccc2cc(OC3CCC(C(F)(F)F)CC3)ccc2c1. The minimum Gasteiger partial charge on any atom is -0.490 e. The fourth-order valence-corrected chi connectivity index (χ4v) is 3.27. The van der Waals surface area contributed by atoms with Crippen molar-refractivity contribution in [3.05, 3.63) is 42.0 Å². The molecule has 1 saturated carbocycles. The van der Waals surface area contributed by atoms with Gasteiger partial charge in [0.2, 0.25) is 0 Å². The van der Waals surface area contributed by atoms with E-state index in [0.717, 1.165) is 22.9 Å². The molecule has 0 unspecified atom stereocenters. The van der Waals surface area contributed by atoms with Crippen LogP contribution in [-0.4, -0.2) is 12.3 Å². The molecule has 2 aromatic rings. The van der Waals surface area contributed by atoms with Gasteiger partial charge >= 0.3 is 6.18 Å². The summed E-state index contributed by atoms with van der Waals surface area (Å²) in [6.07, 6.45) is -1.90. The minimum absolute atomic E-state index is 0.110. The van der Waals surface area contributed by atoms with Crippen LogP contribution in [0.3, 0.4) is 0 Å². The van der Waals surface area contributed by atoms with Gasteiger partial charge in [0.15, 0.2) is 0 Å². The molecule has 0 N–H and O–H groups in total. The average molecular weight is 322 g/mol. The molecule has 0 aromatic heterocycles. The Bertz CT molecular complexity index is 670. The summed E-state index contributed by atoms with van der Waals surface area (Å²) in [5, 5.41) is 2.26. The van der Waals surface area contributed by atoms with E-state index in [2.05, 4.69) is 25.1 Å². The van der Waals surface area contributed by atoms with Crippen LogP contribution in [0.25, 0.3) is 10.8 Å². The van der Waals surface area contributed by atoms with Crippen molar-refractivity contribution in [3.8, 4) is 5.75 Å². The molecule has 0 heterocycles. The van der Waals surface area contributed by atoms with Gasteiger partial charge in [0, 0.05) is 0 Å². The molecule has 1 nitrogen and oxygen atoms in total. The molecule has 3 rings (SSSR count). The quantitative estimate of drug-likeness (QED) is 0.683. The molecule has 0 aliphatic heterocycles. The summed E-state index contributed by atoms with van der Waals surface area (Å²) in [7, 11) is 0. The van der Waals surface area contributed by atoms with E-state index in [1.807, 2.05) is 18.2 Å². The Balaban J connectivity index is 1.66. The Morgan fingerprint density at radius 3 is 2.26 bits per heavy atom. The fourth-order valence-electron chi connectivity index (χ4n) is 3.27. The molecule has 1 fully saturated rings. The second kappa shape index (κ2) is 6.42. The van der Waals surface area contributed by atoms with Gasteiger partial charge in [0.1, 0.15) is 5.75 Å². The van der Waals surface area contributed by atoms with Gasteiger partial charge in [-0.25, -0.2) is 0 Å². The lowest BCUT2D eigenvalue weighted by Crippen LogP contribution is -2.31. The van der Waals surface area contributed by atoms with E-state index in [4.69, 9.17) is 4.74 Å². The van der Waals surface area contributed by atoms with Crippen LogP contribution in [0.4, 0.5) is 13.2 Å². The molecule has 0 radical (unpaired) electrons. The van der Waals surface area contributed by atoms with Crippen molar-refractivity contribution >= 4 is 10.8 Å². The largest absolute Gasteiger partial charge is 0.490 e. The summed E-state index contributed by atoms with van der Waals surface area (Å²) >= 11 is 0. The lowest BCUT2D eigenvalue weighted by atomic mass is 9.87. The van der Waals surface area contributed by atoms with E-state index >= 15 is 0 Å². The van der Waals surface area contributed by atoms with Gasteiger partial charge in [-0.3, -0.25) is 0 Å². The van der Waals surface area contributed by atoms with E-state index in [-0.39, 0.29) is 18.9 Å². The van der Waals surface area contributed by atoms with Crippen LogP contribution < -0.4 is 4.74 Å². The normalized spacial score (nSPS) is 22.3. The number of fused-ring (bicyclic) bond motifs is 1. The number of aryl methyl sites for hydroxylation is 1. The average Bonchev–Trinajstić information content (AvgIpc) is 2.54. The van der Waals surface area contributed by atoms with Crippen LogP contribution in [0.1, 0.15) is 38.2 Å². The summed E-state index contributed by atoms with van der Waals surface area (Å²) in [6.45, 7) is 2.12. The molecule has 1 aliphatic rings. The number of benzene rings is 2. The molecule has 0 spiro atoms. The zero-order chi connectivity index (χ0) is 16.4. The molecule has 0 amide bonds. The summed E-state index contributed by atoms with van der Waals surface area (Å²) < 4.78 is 44.0. The molecule has 0 saturated heterocycles. The van der Waals surface area contributed by atoms with Gasteiger partial charge in [0.25, 0.3) is 0 Å². The molecule has 1 aliphatic carbocycles. The second-order valence-electron chi connectivity index (χ2n) is 6.33. The highest BCUT2D eigenvalue weighted by atomic mass is 19.4. The van der Waals surface area contributed by atoms with Crippen molar-refractivity contribution < 1.29 is 17.9 Å². The first kappa shape index (κ1) is 16.2. The Kier molecular flexibility index (Phi) is 4.51. The number of alkyl halides is 3. The van der Waals surface area contributed by atoms with Gasteiger partial charge in [0.05, 0.1) is 12.0 Å². The summed E-state index contributed by atoms with van der Waals surface area (Å²) in [5.41, 5.74) is 1.29. The Morgan fingerprint density at radius 2 is 1.61 bits per heavy atom.